The van der Waals surface area contributed by atoms with Gasteiger partial charge < -0.3 is 10.0 Å². The highest BCUT2D eigenvalue weighted by molar-refractivity contribution is 5.99. The first kappa shape index (κ1) is 26.8. The number of fused-ring (bicyclic) bond motifs is 4. The average Bonchev–Trinajstić information content (AvgIpc) is 3.21. The molecule has 0 heterocycles. The minimum Gasteiger partial charge on any atom is -0.478 e. The molecular weight excluding hydrogens is 502 g/mol. The lowest BCUT2D eigenvalue weighted by molar-refractivity contribution is 0.0697. The third-order valence-electron chi connectivity index (χ3n) is 8.40. The van der Waals surface area contributed by atoms with E-state index < -0.39 is 5.97 Å². The molecule has 3 heteroatoms. The maximum absolute atomic E-state index is 11.7. The molecule has 5 aromatic rings. The van der Waals surface area contributed by atoms with Crippen LogP contribution in [-0.2, 0) is 5.41 Å². The van der Waals surface area contributed by atoms with E-state index in [2.05, 4.69) is 118 Å². The fraction of sp³-hybridized carbons (Fsp3) is 0.237. The van der Waals surface area contributed by atoms with E-state index in [1.165, 1.54) is 27.6 Å². The van der Waals surface area contributed by atoms with Gasteiger partial charge in [0.05, 0.1) is 11.3 Å². The first-order chi connectivity index (χ1) is 19.8. The SMILES string of the molecule is CC(C)CC1(CC(C)C)c2ccccc2-c2ccc(N(c3ccc(C(=O)O)cc3)c3cccc4ccccc34)cc21. The van der Waals surface area contributed by atoms with E-state index in [9.17, 15) is 9.90 Å². The van der Waals surface area contributed by atoms with E-state index in [4.69, 9.17) is 0 Å². The molecule has 0 spiro atoms. The Morgan fingerprint density at radius 3 is 2.00 bits per heavy atom. The summed E-state index contributed by atoms with van der Waals surface area (Å²) in [4.78, 5) is 14.0. The zero-order valence-corrected chi connectivity index (χ0v) is 24.3. The third kappa shape index (κ3) is 4.70. The van der Waals surface area contributed by atoms with Gasteiger partial charge in [-0.25, -0.2) is 4.79 Å². The van der Waals surface area contributed by atoms with E-state index in [-0.39, 0.29) is 11.0 Å². The number of benzene rings is 5. The summed E-state index contributed by atoms with van der Waals surface area (Å²) < 4.78 is 0. The van der Waals surface area contributed by atoms with Gasteiger partial charge in [-0.1, -0.05) is 94.4 Å². The van der Waals surface area contributed by atoms with Crippen LogP contribution in [0.25, 0.3) is 21.9 Å². The number of hydrogen-bond acceptors (Lipinski definition) is 2. The Hall–Kier alpha value is -4.37. The van der Waals surface area contributed by atoms with Crippen LogP contribution >= 0.6 is 0 Å². The third-order valence-corrected chi connectivity index (χ3v) is 8.40. The molecule has 0 atom stereocenters. The van der Waals surface area contributed by atoms with Gasteiger partial charge in [0.1, 0.15) is 0 Å². The predicted octanol–water partition coefficient (Wildman–Crippen LogP) is 10.4. The molecule has 0 aromatic heterocycles. The molecule has 6 rings (SSSR count). The summed E-state index contributed by atoms with van der Waals surface area (Å²) in [6.45, 7) is 9.33. The standard InChI is InChI=1S/C38H37NO2/c1-25(2)23-38(24-26(3)4)34-14-8-7-13-32(34)33-21-20-30(22-35(33)38)39(29-18-16-28(17-19-29)37(40)41)36-15-9-11-27-10-5-6-12-31(27)36/h5-22,25-26H,23-24H2,1-4H3,(H,40,41). The maximum Gasteiger partial charge on any atom is 0.335 e. The molecule has 0 amide bonds. The highest BCUT2D eigenvalue weighted by Crippen LogP contribution is 2.56. The molecular formula is C38H37NO2. The molecule has 0 bridgehead atoms. The molecule has 206 valence electrons. The van der Waals surface area contributed by atoms with E-state index in [0.717, 1.165) is 35.3 Å². The van der Waals surface area contributed by atoms with Crippen LogP contribution in [0.4, 0.5) is 17.1 Å². The van der Waals surface area contributed by atoms with Crippen LogP contribution in [0, 0.1) is 11.8 Å². The first-order valence-corrected chi connectivity index (χ1v) is 14.6. The fourth-order valence-electron chi connectivity index (χ4n) is 7.08. The normalized spacial score (nSPS) is 13.4. The van der Waals surface area contributed by atoms with Gasteiger partial charge in [0.15, 0.2) is 0 Å². The minimum absolute atomic E-state index is 0.0676. The van der Waals surface area contributed by atoms with E-state index in [1.807, 2.05) is 12.1 Å². The summed E-state index contributed by atoms with van der Waals surface area (Å²) in [6.07, 6.45) is 2.17. The van der Waals surface area contributed by atoms with Crippen LogP contribution in [0.2, 0.25) is 0 Å². The molecule has 0 saturated carbocycles. The Morgan fingerprint density at radius 1 is 0.683 bits per heavy atom. The highest BCUT2D eigenvalue weighted by atomic mass is 16.4. The van der Waals surface area contributed by atoms with Crippen LogP contribution in [0.5, 0.6) is 0 Å². The van der Waals surface area contributed by atoms with Crippen LogP contribution in [-0.4, -0.2) is 11.1 Å². The van der Waals surface area contributed by atoms with Crippen LogP contribution in [0.3, 0.4) is 0 Å². The van der Waals surface area contributed by atoms with Crippen molar-refractivity contribution in [3.63, 3.8) is 0 Å². The summed E-state index contributed by atoms with van der Waals surface area (Å²) in [5.41, 5.74) is 8.80. The Kier molecular flexibility index (Phi) is 6.91. The van der Waals surface area contributed by atoms with Crippen molar-refractivity contribution in [2.75, 3.05) is 4.90 Å². The van der Waals surface area contributed by atoms with Gasteiger partial charge in [-0.05, 0) is 94.8 Å². The molecule has 0 unspecified atom stereocenters. The second kappa shape index (κ2) is 10.6. The molecule has 1 aliphatic carbocycles. The van der Waals surface area contributed by atoms with Gasteiger partial charge in [0.2, 0.25) is 0 Å². The Labute approximate surface area is 243 Å². The Balaban J connectivity index is 1.61. The van der Waals surface area contributed by atoms with E-state index >= 15 is 0 Å². The lowest BCUT2D eigenvalue weighted by Crippen LogP contribution is -2.29. The average molecular weight is 540 g/mol. The number of hydrogen-bond donors (Lipinski definition) is 1. The van der Waals surface area contributed by atoms with Gasteiger partial charge in [0, 0.05) is 22.2 Å². The summed E-state index contributed by atoms with van der Waals surface area (Å²) in [5, 5.41) is 11.9. The number of carboxylic acid groups (broad SMARTS) is 1. The van der Waals surface area contributed by atoms with Crippen molar-refractivity contribution in [1.29, 1.82) is 0 Å². The fourth-order valence-corrected chi connectivity index (χ4v) is 7.08. The molecule has 0 aliphatic heterocycles. The van der Waals surface area contributed by atoms with Crippen molar-refractivity contribution in [1.82, 2.24) is 0 Å². The van der Waals surface area contributed by atoms with E-state index in [0.29, 0.717) is 11.8 Å². The Bertz CT molecular complexity index is 1720. The van der Waals surface area contributed by atoms with Crippen LogP contribution in [0.15, 0.2) is 109 Å². The summed E-state index contributed by atoms with van der Waals surface area (Å²) in [5.74, 6) is 0.152. The number of aromatic carboxylic acids is 1. The van der Waals surface area contributed by atoms with Gasteiger partial charge >= 0.3 is 5.97 Å². The largest absolute Gasteiger partial charge is 0.478 e. The molecule has 3 nitrogen and oxygen atoms in total. The van der Waals surface area contributed by atoms with Crippen LogP contribution < -0.4 is 4.90 Å². The zero-order valence-electron chi connectivity index (χ0n) is 24.3. The predicted molar refractivity (Wildman–Crippen MR) is 171 cm³/mol. The smallest absolute Gasteiger partial charge is 0.335 e. The second-order valence-electron chi connectivity index (χ2n) is 12.2. The maximum atomic E-state index is 11.7. The highest BCUT2D eigenvalue weighted by Gasteiger charge is 2.44. The molecule has 0 radical (unpaired) electrons. The van der Waals surface area contributed by atoms with Gasteiger partial charge in [-0.2, -0.15) is 0 Å². The molecule has 1 aliphatic rings. The van der Waals surface area contributed by atoms with Gasteiger partial charge in [0.25, 0.3) is 0 Å². The topological polar surface area (TPSA) is 40.5 Å². The van der Waals surface area contributed by atoms with Gasteiger partial charge in [-0.3, -0.25) is 0 Å². The van der Waals surface area contributed by atoms with Crippen molar-refractivity contribution >= 4 is 33.8 Å². The number of anilines is 3. The monoisotopic (exact) mass is 539 g/mol. The number of carboxylic acids is 1. The van der Waals surface area contributed by atoms with Crippen molar-refractivity contribution in [3.8, 4) is 11.1 Å². The number of nitrogens with zero attached hydrogens (tertiary/aromatic N) is 1. The Morgan fingerprint density at radius 2 is 1.29 bits per heavy atom. The quantitative estimate of drug-likeness (QED) is 0.213. The van der Waals surface area contributed by atoms with Crippen molar-refractivity contribution in [2.45, 2.75) is 46.0 Å². The molecule has 0 saturated heterocycles. The zero-order chi connectivity index (χ0) is 28.7. The molecule has 1 N–H and O–H groups in total. The lowest BCUT2D eigenvalue weighted by atomic mass is 9.68. The molecule has 5 aromatic carbocycles. The van der Waals surface area contributed by atoms with Crippen molar-refractivity contribution in [2.24, 2.45) is 11.8 Å². The van der Waals surface area contributed by atoms with Crippen molar-refractivity contribution < 1.29 is 9.90 Å². The second-order valence-corrected chi connectivity index (χ2v) is 12.2. The van der Waals surface area contributed by atoms with Crippen molar-refractivity contribution in [3.05, 3.63) is 126 Å². The summed E-state index contributed by atoms with van der Waals surface area (Å²) in [6, 6.07) is 38.0. The number of rotatable bonds is 8. The minimum atomic E-state index is -0.921. The summed E-state index contributed by atoms with van der Waals surface area (Å²) >= 11 is 0. The van der Waals surface area contributed by atoms with Gasteiger partial charge in [-0.15, -0.1) is 0 Å². The molecule has 0 fully saturated rings. The number of carbonyl (C=O) groups is 1. The van der Waals surface area contributed by atoms with Crippen LogP contribution in [0.1, 0.15) is 62.0 Å². The van der Waals surface area contributed by atoms with E-state index in [1.54, 1.807) is 12.1 Å². The molecule has 41 heavy (non-hydrogen) atoms. The lowest BCUT2D eigenvalue weighted by Gasteiger charge is -2.36. The summed E-state index contributed by atoms with van der Waals surface area (Å²) in [7, 11) is 0. The first-order valence-electron chi connectivity index (χ1n) is 14.6.